The van der Waals surface area contributed by atoms with Crippen LogP contribution >= 0.6 is 0 Å². The van der Waals surface area contributed by atoms with Gasteiger partial charge in [0.2, 0.25) is 5.78 Å². The van der Waals surface area contributed by atoms with Crippen LogP contribution in [-0.4, -0.2) is 31.0 Å². The van der Waals surface area contributed by atoms with Crippen molar-refractivity contribution in [2.75, 3.05) is 13.3 Å². The number of hydrogen-bond donors (Lipinski definition) is 0. The molecule has 20 heavy (non-hydrogen) atoms. The van der Waals surface area contributed by atoms with Crippen molar-refractivity contribution < 1.29 is 27.5 Å². The number of alkyl halides is 3. The molecule has 0 aliphatic carbocycles. The van der Waals surface area contributed by atoms with Gasteiger partial charge in [-0.2, -0.15) is 8.78 Å². The molecular formula is C14H19F3O3. The molecule has 0 aromatic rings. The average Bonchev–Trinajstić information content (AvgIpc) is 2.36. The molecule has 0 bridgehead atoms. The summed E-state index contributed by atoms with van der Waals surface area (Å²) in [5.41, 5.74) is 2.05. The number of ether oxygens (including phenoxy) is 1. The molecule has 0 fully saturated rings. The predicted molar refractivity (Wildman–Crippen MR) is 69.3 cm³/mol. The molecule has 0 radical (unpaired) electrons. The Morgan fingerprint density at radius 3 is 2.25 bits per heavy atom. The minimum atomic E-state index is -4.42. The van der Waals surface area contributed by atoms with Crippen molar-refractivity contribution in [2.45, 2.75) is 39.5 Å². The second-order valence-corrected chi connectivity index (χ2v) is 4.60. The van der Waals surface area contributed by atoms with E-state index in [4.69, 9.17) is 0 Å². The van der Waals surface area contributed by atoms with E-state index in [1.165, 1.54) is 11.6 Å². The summed E-state index contributed by atoms with van der Waals surface area (Å²) in [5, 5.41) is 0. The summed E-state index contributed by atoms with van der Waals surface area (Å²) in [6, 6.07) is 0. The van der Waals surface area contributed by atoms with Crippen molar-refractivity contribution in [3.8, 4) is 0 Å². The van der Waals surface area contributed by atoms with Gasteiger partial charge in [-0.1, -0.05) is 17.2 Å². The zero-order valence-corrected chi connectivity index (χ0v) is 11.8. The highest BCUT2D eigenvalue weighted by Gasteiger charge is 2.48. The largest absolute Gasteiger partial charge is 0.457 e. The van der Waals surface area contributed by atoms with Gasteiger partial charge in [-0.05, 0) is 39.7 Å². The van der Waals surface area contributed by atoms with Gasteiger partial charge in [0.25, 0.3) is 0 Å². The summed E-state index contributed by atoms with van der Waals surface area (Å²) >= 11 is 0. The fourth-order valence-electron chi connectivity index (χ4n) is 1.24. The van der Waals surface area contributed by atoms with Gasteiger partial charge in [-0.25, -0.2) is 9.18 Å². The van der Waals surface area contributed by atoms with Crippen LogP contribution in [0.1, 0.15) is 33.6 Å². The van der Waals surface area contributed by atoms with E-state index in [9.17, 15) is 22.8 Å². The van der Waals surface area contributed by atoms with E-state index in [0.29, 0.717) is 6.42 Å². The molecule has 0 saturated heterocycles. The molecule has 0 aromatic heterocycles. The number of esters is 1. The molecule has 0 aliphatic heterocycles. The van der Waals surface area contributed by atoms with E-state index in [1.54, 1.807) is 6.92 Å². The van der Waals surface area contributed by atoms with Crippen molar-refractivity contribution in [3.05, 3.63) is 23.3 Å². The van der Waals surface area contributed by atoms with E-state index in [1.807, 2.05) is 19.9 Å². The van der Waals surface area contributed by atoms with Gasteiger partial charge in [0.05, 0.1) is 0 Å². The summed E-state index contributed by atoms with van der Waals surface area (Å²) in [6.45, 7) is 3.43. The molecule has 0 unspecified atom stereocenters. The van der Waals surface area contributed by atoms with E-state index < -0.39 is 24.3 Å². The van der Waals surface area contributed by atoms with Gasteiger partial charge < -0.3 is 4.74 Å². The van der Waals surface area contributed by atoms with Crippen molar-refractivity contribution in [2.24, 2.45) is 0 Å². The van der Waals surface area contributed by atoms with Gasteiger partial charge >= 0.3 is 11.9 Å². The monoisotopic (exact) mass is 292 g/mol. The highest BCUT2D eigenvalue weighted by atomic mass is 19.3. The molecule has 3 nitrogen and oxygen atoms in total. The SMILES string of the molecule is CC(C)=CCCC(C)=CCOC(=O)C(F)(F)C(=O)CF. The molecular weight excluding hydrogens is 273 g/mol. The Balaban J connectivity index is 4.25. The fourth-order valence-corrected chi connectivity index (χ4v) is 1.24. The third kappa shape index (κ3) is 6.54. The van der Waals surface area contributed by atoms with Gasteiger partial charge in [0.1, 0.15) is 6.61 Å². The Kier molecular flexibility index (Phi) is 7.87. The molecule has 0 N–H and O–H groups in total. The van der Waals surface area contributed by atoms with Gasteiger partial charge in [0, 0.05) is 0 Å². The third-order valence-electron chi connectivity index (χ3n) is 2.47. The van der Waals surface area contributed by atoms with E-state index in [2.05, 4.69) is 4.74 Å². The summed E-state index contributed by atoms with van der Waals surface area (Å²) in [4.78, 5) is 21.5. The maximum absolute atomic E-state index is 12.9. The Hall–Kier alpha value is -1.59. The Labute approximate surface area is 116 Å². The van der Waals surface area contributed by atoms with Crippen LogP contribution in [-0.2, 0) is 14.3 Å². The van der Waals surface area contributed by atoms with Crippen LogP contribution in [0.25, 0.3) is 0 Å². The van der Waals surface area contributed by atoms with E-state index in [-0.39, 0.29) is 6.61 Å². The van der Waals surface area contributed by atoms with Crippen molar-refractivity contribution in [3.63, 3.8) is 0 Å². The number of carbonyl (C=O) groups is 2. The molecule has 0 amide bonds. The van der Waals surface area contributed by atoms with E-state index in [0.717, 1.165) is 12.0 Å². The van der Waals surface area contributed by atoms with E-state index >= 15 is 0 Å². The Bertz CT molecular complexity index is 408. The molecule has 0 rings (SSSR count). The molecule has 0 atom stereocenters. The number of rotatable bonds is 8. The van der Waals surface area contributed by atoms with Crippen LogP contribution in [0.15, 0.2) is 23.3 Å². The predicted octanol–water partition coefficient (Wildman–Crippen LogP) is 3.40. The first-order valence-corrected chi connectivity index (χ1v) is 6.15. The smallest absolute Gasteiger partial charge is 0.402 e. The molecule has 0 spiro atoms. The molecule has 114 valence electrons. The van der Waals surface area contributed by atoms with Crippen LogP contribution < -0.4 is 0 Å². The minimum Gasteiger partial charge on any atom is -0.457 e. The molecule has 0 aromatic carbocycles. The van der Waals surface area contributed by atoms with Gasteiger partial charge in [-0.15, -0.1) is 0 Å². The average molecular weight is 292 g/mol. The number of hydrogen-bond acceptors (Lipinski definition) is 3. The lowest BCUT2D eigenvalue weighted by atomic mass is 10.1. The quantitative estimate of drug-likeness (QED) is 0.391. The second kappa shape index (κ2) is 8.55. The maximum atomic E-state index is 12.9. The lowest BCUT2D eigenvalue weighted by Crippen LogP contribution is -2.40. The standard InChI is InChI=1S/C14H19F3O3/c1-10(2)5-4-6-11(3)7-8-20-13(19)14(16,17)12(18)9-15/h5,7H,4,6,8-9H2,1-3H3. The van der Waals surface area contributed by atoms with Crippen LogP contribution in [0.4, 0.5) is 13.2 Å². The minimum absolute atomic E-state index is 0.366. The normalized spacial score (nSPS) is 12.0. The fraction of sp³-hybridized carbons (Fsp3) is 0.571. The zero-order valence-electron chi connectivity index (χ0n) is 11.8. The number of carbonyl (C=O) groups excluding carboxylic acids is 2. The Morgan fingerprint density at radius 1 is 1.15 bits per heavy atom. The van der Waals surface area contributed by atoms with Crippen LogP contribution in [0, 0.1) is 0 Å². The van der Waals surface area contributed by atoms with Crippen LogP contribution in [0.3, 0.4) is 0 Å². The molecule has 6 heteroatoms. The molecule has 0 saturated carbocycles. The number of ketones is 1. The van der Waals surface area contributed by atoms with Gasteiger partial charge in [-0.3, -0.25) is 4.79 Å². The van der Waals surface area contributed by atoms with Crippen LogP contribution in [0.5, 0.6) is 0 Å². The summed E-state index contributed by atoms with van der Waals surface area (Å²) in [5.74, 6) is -8.53. The number of halogens is 3. The highest BCUT2D eigenvalue weighted by molar-refractivity contribution is 6.05. The third-order valence-corrected chi connectivity index (χ3v) is 2.47. The molecule has 0 aliphatic rings. The lowest BCUT2D eigenvalue weighted by molar-refractivity contribution is -0.176. The van der Waals surface area contributed by atoms with Gasteiger partial charge in [0.15, 0.2) is 6.67 Å². The van der Waals surface area contributed by atoms with Crippen LogP contribution in [0.2, 0.25) is 0 Å². The second-order valence-electron chi connectivity index (χ2n) is 4.60. The Morgan fingerprint density at radius 2 is 1.75 bits per heavy atom. The maximum Gasteiger partial charge on any atom is 0.402 e. The molecule has 0 heterocycles. The van der Waals surface area contributed by atoms with Crippen molar-refractivity contribution in [1.29, 1.82) is 0 Å². The topological polar surface area (TPSA) is 43.4 Å². The lowest BCUT2D eigenvalue weighted by Gasteiger charge is -2.11. The summed E-state index contributed by atoms with van der Waals surface area (Å²) in [6.07, 6.45) is 5.02. The zero-order chi connectivity index (χ0) is 15.8. The first-order valence-electron chi connectivity index (χ1n) is 6.15. The summed E-state index contributed by atoms with van der Waals surface area (Å²) < 4.78 is 42.0. The number of Topliss-reactive ketones (excluding diaryl/α,β-unsaturated/α-hetero) is 1. The summed E-state index contributed by atoms with van der Waals surface area (Å²) in [7, 11) is 0. The first kappa shape index (κ1) is 18.4. The first-order chi connectivity index (χ1) is 9.21. The number of allylic oxidation sites excluding steroid dienone is 3. The highest BCUT2D eigenvalue weighted by Crippen LogP contribution is 2.17. The van der Waals surface area contributed by atoms with Crippen molar-refractivity contribution >= 4 is 11.8 Å². The van der Waals surface area contributed by atoms with Crippen molar-refractivity contribution in [1.82, 2.24) is 0 Å².